The molecule has 0 unspecified atom stereocenters. The average Bonchev–Trinajstić information content (AvgIpc) is 3.49. The molecule has 1 fully saturated rings. The Morgan fingerprint density at radius 2 is 1.93 bits per heavy atom. The minimum Gasteiger partial charge on any atom is -0.492 e. The summed E-state index contributed by atoms with van der Waals surface area (Å²) in [7, 11) is 0. The molecule has 0 saturated heterocycles. The van der Waals surface area contributed by atoms with Crippen LogP contribution in [0.1, 0.15) is 31.0 Å². The average molecular weight is 366 g/mol. The van der Waals surface area contributed by atoms with Crippen molar-refractivity contribution in [3.63, 3.8) is 0 Å². The Kier molecular flexibility index (Phi) is 6.16. The standard InChI is InChI=1S/C21H22N2O4/c1-15(23-21(24)25)13-26-19-9-5-16(6-10-19)4-7-18-8-11-20(12-22-18)27-14-17-2-3-17/h5-6,8-12,15,17,23H,2-3,13-14H2,1H3,(H,24,25)/t15-/m0/s1. The Hall–Kier alpha value is -3.20. The Balaban J connectivity index is 1.49. The van der Waals surface area contributed by atoms with E-state index < -0.39 is 6.09 Å². The monoisotopic (exact) mass is 366 g/mol. The van der Waals surface area contributed by atoms with Crippen LogP contribution in [-0.4, -0.2) is 35.4 Å². The number of hydrogen-bond acceptors (Lipinski definition) is 4. The van der Waals surface area contributed by atoms with Gasteiger partial charge in [0.05, 0.1) is 18.8 Å². The second-order valence-electron chi connectivity index (χ2n) is 6.57. The highest BCUT2D eigenvalue weighted by Crippen LogP contribution is 2.29. The molecular formula is C21H22N2O4. The summed E-state index contributed by atoms with van der Waals surface area (Å²) >= 11 is 0. The summed E-state index contributed by atoms with van der Waals surface area (Å²) in [6.45, 7) is 2.77. The lowest BCUT2D eigenvalue weighted by Crippen LogP contribution is -2.35. The van der Waals surface area contributed by atoms with Gasteiger partial charge in [0.2, 0.25) is 0 Å². The lowest BCUT2D eigenvalue weighted by molar-refractivity contribution is 0.183. The van der Waals surface area contributed by atoms with Crippen molar-refractivity contribution in [2.75, 3.05) is 13.2 Å². The number of hydrogen-bond donors (Lipinski definition) is 2. The van der Waals surface area contributed by atoms with Crippen molar-refractivity contribution in [1.29, 1.82) is 0 Å². The van der Waals surface area contributed by atoms with Crippen LogP contribution in [-0.2, 0) is 0 Å². The largest absolute Gasteiger partial charge is 0.492 e. The highest BCUT2D eigenvalue weighted by molar-refractivity contribution is 5.64. The second-order valence-corrected chi connectivity index (χ2v) is 6.57. The highest BCUT2D eigenvalue weighted by Gasteiger charge is 2.21. The van der Waals surface area contributed by atoms with Gasteiger partial charge in [0, 0.05) is 5.56 Å². The number of nitrogens with one attached hydrogen (secondary N) is 1. The molecule has 0 bridgehead atoms. The summed E-state index contributed by atoms with van der Waals surface area (Å²) in [6.07, 6.45) is 3.17. The van der Waals surface area contributed by atoms with Crippen LogP contribution in [0.25, 0.3) is 0 Å². The maximum absolute atomic E-state index is 10.5. The number of amides is 1. The minimum atomic E-state index is -1.06. The molecule has 1 atom stereocenters. The molecule has 1 amide bonds. The van der Waals surface area contributed by atoms with Crippen molar-refractivity contribution >= 4 is 6.09 Å². The summed E-state index contributed by atoms with van der Waals surface area (Å²) in [5.41, 5.74) is 1.53. The third kappa shape index (κ3) is 6.55. The van der Waals surface area contributed by atoms with Crippen LogP contribution in [0.3, 0.4) is 0 Å². The molecule has 0 aliphatic heterocycles. The SMILES string of the molecule is C[C@@H](COc1ccc(C#Cc2ccc(OCC3CC3)cn2)cc1)NC(=O)O. The van der Waals surface area contributed by atoms with Crippen molar-refractivity contribution < 1.29 is 19.4 Å². The highest BCUT2D eigenvalue weighted by atomic mass is 16.5. The van der Waals surface area contributed by atoms with E-state index in [1.165, 1.54) is 12.8 Å². The molecule has 3 rings (SSSR count). The Morgan fingerprint density at radius 1 is 1.19 bits per heavy atom. The minimum absolute atomic E-state index is 0.260. The van der Waals surface area contributed by atoms with E-state index in [2.05, 4.69) is 22.1 Å². The Labute approximate surface area is 158 Å². The fraction of sp³-hybridized carbons (Fsp3) is 0.333. The van der Waals surface area contributed by atoms with Gasteiger partial charge in [-0.05, 0) is 68.0 Å². The summed E-state index contributed by atoms with van der Waals surface area (Å²) in [4.78, 5) is 14.8. The van der Waals surface area contributed by atoms with Gasteiger partial charge < -0.3 is 19.9 Å². The molecule has 1 heterocycles. The predicted molar refractivity (Wildman–Crippen MR) is 101 cm³/mol. The van der Waals surface area contributed by atoms with Gasteiger partial charge in [-0.25, -0.2) is 9.78 Å². The van der Waals surface area contributed by atoms with Gasteiger partial charge >= 0.3 is 6.09 Å². The maximum atomic E-state index is 10.5. The quantitative estimate of drug-likeness (QED) is 0.735. The molecule has 1 aliphatic rings. The van der Waals surface area contributed by atoms with Crippen molar-refractivity contribution in [3.8, 4) is 23.3 Å². The number of carboxylic acid groups (broad SMARTS) is 1. The van der Waals surface area contributed by atoms with Crippen LogP contribution in [0, 0.1) is 17.8 Å². The predicted octanol–water partition coefficient (Wildman–Crippen LogP) is 3.31. The van der Waals surface area contributed by atoms with E-state index in [1.807, 2.05) is 24.3 Å². The number of aromatic nitrogens is 1. The van der Waals surface area contributed by atoms with Crippen LogP contribution in [0.15, 0.2) is 42.6 Å². The molecule has 1 aromatic carbocycles. The van der Waals surface area contributed by atoms with Gasteiger partial charge in [-0.15, -0.1) is 0 Å². The zero-order chi connectivity index (χ0) is 19.1. The number of benzene rings is 1. The number of carbonyl (C=O) groups is 1. The molecule has 27 heavy (non-hydrogen) atoms. The maximum Gasteiger partial charge on any atom is 0.404 e. The first-order valence-corrected chi connectivity index (χ1v) is 8.91. The second kappa shape index (κ2) is 8.95. The van der Waals surface area contributed by atoms with Gasteiger partial charge in [0.1, 0.15) is 23.8 Å². The molecule has 140 valence electrons. The number of rotatable bonds is 7. The van der Waals surface area contributed by atoms with Crippen molar-refractivity contribution in [2.24, 2.45) is 5.92 Å². The van der Waals surface area contributed by atoms with E-state index in [-0.39, 0.29) is 12.6 Å². The fourth-order valence-electron chi connectivity index (χ4n) is 2.28. The van der Waals surface area contributed by atoms with Crippen LogP contribution in [0.5, 0.6) is 11.5 Å². The van der Waals surface area contributed by atoms with Crippen LogP contribution >= 0.6 is 0 Å². The van der Waals surface area contributed by atoms with E-state index >= 15 is 0 Å². The van der Waals surface area contributed by atoms with Gasteiger partial charge in [-0.1, -0.05) is 5.92 Å². The van der Waals surface area contributed by atoms with E-state index in [4.69, 9.17) is 14.6 Å². The summed E-state index contributed by atoms with van der Waals surface area (Å²) < 4.78 is 11.2. The van der Waals surface area contributed by atoms with Crippen molar-refractivity contribution in [1.82, 2.24) is 10.3 Å². The number of nitrogens with zero attached hydrogens (tertiary/aromatic N) is 1. The first-order chi connectivity index (χ1) is 13.1. The van der Waals surface area contributed by atoms with E-state index in [0.717, 1.165) is 17.9 Å². The van der Waals surface area contributed by atoms with Crippen LogP contribution < -0.4 is 14.8 Å². The molecule has 2 aromatic rings. The number of ether oxygens (including phenoxy) is 2. The number of pyridine rings is 1. The Bertz CT molecular complexity index is 818. The summed E-state index contributed by atoms with van der Waals surface area (Å²) in [5.74, 6) is 8.24. The van der Waals surface area contributed by atoms with Gasteiger partial charge in [-0.3, -0.25) is 0 Å². The molecular weight excluding hydrogens is 344 g/mol. The molecule has 1 aromatic heterocycles. The first kappa shape index (κ1) is 18.6. The lowest BCUT2D eigenvalue weighted by Gasteiger charge is -2.12. The first-order valence-electron chi connectivity index (χ1n) is 8.91. The third-order valence-corrected chi connectivity index (χ3v) is 3.98. The molecule has 1 aliphatic carbocycles. The fourth-order valence-corrected chi connectivity index (χ4v) is 2.28. The molecule has 1 saturated carbocycles. The molecule has 2 N–H and O–H groups in total. The third-order valence-electron chi connectivity index (χ3n) is 3.98. The van der Waals surface area contributed by atoms with Crippen molar-refractivity contribution in [3.05, 3.63) is 53.9 Å². The van der Waals surface area contributed by atoms with Gasteiger partial charge in [-0.2, -0.15) is 0 Å². The topological polar surface area (TPSA) is 80.7 Å². The van der Waals surface area contributed by atoms with E-state index in [0.29, 0.717) is 17.4 Å². The normalized spacial score (nSPS) is 13.8. The summed E-state index contributed by atoms with van der Waals surface area (Å²) in [6, 6.07) is 10.8. The Morgan fingerprint density at radius 3 is 2.56 bits per heavy atom. The smallest absolute Gasteiger partial charge is 0.404 e. The molecule has 0 spiro atoms. The van der Waals surface area contributed by atoms with Crippen LogP contribution in [0.4, 0.5) is 4.79 Å². The molecule has 0 radical (unpaired) electrons. The lowest BCUT2D eigenvalue weighted by atomic mass is 10.2. The zero-order valence-electron chi connectivity index (χ0n) is 15.1. The van der Waals surface area contributed by atoms with E-state index in [9.17, 15) is 4.79 Å². The molecule has 6 heteroatoms. The van der Waals surface area contributed by atoms with Gasteiger partial charge in [0.15, 0.2) is 0 Å². The van der Waals surface area contributed by atoms with Crippen molar-refractivity contribution in [2.45, 2.75) is 25.8 Å². The summed E-state index contributed by atoms with van der Waals surface area (Å²) in [5, 5.41) is 11.0. The van der Waals surface area contributed by atoms with Gasteiger partial charge in [0.25, 0.3) is 0 Å². The molecule has 6 nitrogen and oxygen atoms in total. The van der Waals surface area contributed by atoms with Crippen LogP contribution in [0.2, 0.25) is 0 Å². The zero-order valence-corrected chi connectivity index (χ0v) is 15.1. The van der Waals surface area contributed by atoms with E-state index in [1.54, 1.807) is 25.3 Å².